The van der Waals surface area contributed by atoms with Crippen LogP contribution in [-0.2, 0) is 4.74 Å². The van der Waals surface area contributed by atoms with Gasteiger partial charge in [0.1, 0.15) is 5.60 Å². The zero-order chi connectivity index (χ0) is 18.3. The SMILES string of the molecule is CC(C)(C)OC(=O)N1CCN(CCN=C(N)N2CCCCCC2)CC1. The van der Waals surface area contributed by atoms with Crippen molar-refractivity contribution in [1.82, 2.24) is 14.7 Å². The smallest absolute Gasteiger partial charge is 0.410 e. The quantitative estimate of drug-likeness (QED) is 0.618. The van der Waals surface area contributed by atoms with Gasteiger partial charge < -0.3 is 20.3 Å². The molecular formula is C18H35N5O2. The topological polar surface area (TPSA) is 74.4 Å². The fraction of sp³-hybridized carbons (Fsp3) is 0.889. The van der Waals surface area contributed by atoms with E-state index in [9.17, 15) is 4.79 Å². The molecule has 0 bridgehead atoms. The zero-order valence-electron chi connectivity index (χ0n) is 16.2. The van der Waals surface area contributed by atoms with E-state index in [0.717, 1.165) is 39.3 Å². The molecule has 2 saturated heterocycles. The summed E-state index contributed by atoms with van der Waals surface area (Å²) >= 11 is 0. The fourth-order valence-electron chi connectivity index (χ4n) is 3.19. The number of likely N-dealkylation sites (tertiary alicyclic amines) is 1. The third-order valence-electron chi connectivity index (χ3n) is 4.64. The molecule has 0 unspecified atom stereocenters. The first-order valence-electron chi connectivity index (χ1n) is 9.60. The van der Waals surface area contributed by atoms with Gasteiger partial charge >= 0.3 is 6.09 Å². The number of carbonyl (C=O) groups is 1. The first-order chi connectivity index (χ1) is 11.8. The highest BCUT2D eigenvalue weighted by Gasteiger charge is 2.25. The van der Waals surface area contributed by atoms with Crippen LogP contribution in [0.1, 0.15) is 46.5 Å². The second-order valence-electron chi connectivity index (χ2n) is 7.95. The minimum atomic E-state index is -0.437. The van der Waals surface area contributed by atoms with Gasteiger partial charge in [-0.15, -0.1) is 0 Å². The number of carbonyl (C=O) groups excluding carboxylic acids is 1. The Kier molecular flexibility index (Phi) is 7.35. The number of aliphatic imine (C=N–C) groups is 1. The van der Waals surface area contributed by atoms with Gasteiger partial charge in [0.2, 0.25) is 0 Å². The van der Waals surface area contributed by atoms with Crippen LogP contribution in [0.25, 0.3) is 0 Å². The summed E-state index contributed by atoms with van der Waals surface area (Å²) in [5.74, 6) is 0.689. The number of rotatable bonds is 3. The van der Waals surface area contributed by atoms with E-state index in [1.54, 1.807) is 4.90 Å². The Morgan fingerprint density at radius 2 is 1.56 bits per heavy atom. The lowest BCUT2D eigenvalue weighted by molar-refractivity contribution is 0.0148. The third kappa shape index (κ3) is 7.10. The van der Waals surface area contributed by atoms with Crippen molar-refractivity contribution in [3.63, 3.8) is 0 Å². The van der Waals surface area contributed by atoms with E-state index in [1.165, 1.54) is 25.7 Å². The van der Waals surface area contributed by atoms with Crippen molar-refractivity contribution in [3.8, 4) is 0 Å². The van der Waals surface area contributed by atoms with Gasteiger partial charge in [-0.2, -0.15) is 0 Å². The highest BCUT2D eigenvalue weighted by molar-refractivity contribution is 5.78. The highest BCUT2D eigenvalue weighted by Crippen LogP contribution is 2.12. The van der Waals surface area contributed by atoms with E-state index in [2.05, 4.69) is 14.8 Å². The van der Waals surface area contributed by atoms with Gasteiger partial charge in [-0.25, -0.2) is 4.79 Å². The average Bonchev–Trinajstić information content (AvgIpc) is 2.83. The molecule has 1 amide bonds. The Bertz CT molecular complexity index is 445. The van der Waals surface area contributed by atoms with Crippen LogP contribution in [-0.4, -0.2) is 84.7 Å². The van der Waals surface area contributed by atoms with Crippen LogP contribution in [0.2, 0.25) is 0 Å². The standard InChI is InChI=1S/C18H35N5O2/c1-18(2,3)25-17(24)23-14-12-21(13-15-23)11-8-20-16(19)22-9-6-4-5-7-10-22/h4-15H2,1-3H3,(H2,19,20). The van der Waals surface area contributed by atoms with Gasteiger partial charge in [0, 0.05) is 45.8 Å². The van der Waals surface area contributed by atoms with Crippen LogP contribution in [0.4, 0.5) is 4.79 Å². The third-order valence-corrected chi connectivity index (χ3v) is 4.64. The van der Waals surface area contributed by atoms with Crippen molar-refractivity contribution in [1.29, 1.82) is 0 Å². The van der Waals surface area contributed by atoms with Crippen molar-refractivity contribution in [2.75, 3.05) is 52.4 Å². The number of nitrogens with two attached hydrogens (primary N) is 1. The van der Waals surface area contributed by atoms with E-state index in [0.29, 0.717) is 19.0 Å². The summed E-state index contributed by atoms with van der Waals surface area (Å²) in [4.78, 5) is 23.0. The maximum Gasteiger partial charge on any atom is 0.410 e. The summed E-state index contributed by atoms with van der Waals surface area (Å²) in [6.07, 6.45) is 4.80. The molecule has 25 heavy (non-hydrogen) atoms. The lowest BCUT2D eigenvalue weighted by Crippen LogP contribution is -2.50. The van der Waals surface area contributed by atoms with Crippen LogP contribution in [0, 0.1) is 0 Å². The Labute approximate surface area is 152 Å². The van der Waals surface area contributed by atoms with Crippen LogP contribution < -0.4 is 5.73 Å². The number of nitrogens with zero attached hydrogens (tertiary/aromatic N) is 4. The summed E-state index contributed by atoms with van der Waals surface area (Å²) in [7, 11) is 0. The van der Waals surface area contributed by atoms with E-state index in [-0.39, 0.29) is 6.09 Å². The normalized spacial score (nSPS) is 21.2. The van der Waals surface area contributed by atoms with Crippen LogP contribution in [0.15, 0.2) is 4.99 Å². The number of piperazine rings is 1. The molecule has 0 aromatic heterocycles. The highest BCUT2D eigenvalue weighted by atomic mass is 16.6. The molecule has 144 valence electrons. The molecule has 2 rings (SSSR count). The first kappa shape index (κ1) is 19.8. The fourth-order valence-corrected chi connectivity index (χ4v) is 3.19. The van der Waals surface area contributed by atoms with Gasteiger partial charge in [0.25, 0.3) is 0 Å². The molecule has 2 N–H and O–H groups in total. The molecule has 7 heteroatoms. The van der Waals surface area contributed by atoms with Crippen molar-refractivity contribution in [2.45, 2.75) is 52.1 Å². The van der Waals surface area contributed by atoms with E-state index < -0.39 is 5.60 Å². The predicted octanol–water partition coefficient (Wildman–Crippen LogP) is 1.73. The Morgan fingerprint density at radius 1 is 0.960 bits per heavy atom. The number of hydrogen-bond acceptors (Lipinski definition) is 4. The molecule has 0 atom stereocenters. The largest absolute Gasteiger partial charge is 0.444 e. The maximum atomic E-state index is 12.1. The van der Waals surface area contributed by atoms with Gasteiger partial charge in [-0.1, -0.05) is 12.8 Å². The molecule has 0 aliphatic carbocycles. The monoisotopic (exact) mass is 353 g/mol. The van der Waals surface area contributed by atoms with E-state index in [1.807, 2.05) is 20.8 Å². The van der Waals surface area contributed by atoms with Crippen molar-refractivity contribution >= 4 is 12.1 Å². The molecule has 7 nitrogen and oxygen atoms in total. The Hall–Kier alpha value is -1.50. The van der Waals surface area contributed by atoms with Crippen LogP contribution in [0.5, 0.6) is 0 Å². The van der Waals surface area contributed by atoms with Crippen molar-refractivity contribution < 1.29 is 9.53 Å². The summed E-state index contributed by atoms with van der Waals surface area (Å²) in [5.41, 5.74) is 5.71. The molecule has 0 aromatic rings. The minimum absolute atomic E-state index is 0.212. The summed E-state index contributed by atoms with van der Waals surface area (Å²) in [5, 5.41) is 0. The maximum absolute atomic E-state index is 12.1. The van der Waals surface area contributed by atoms with Crippen LogP contribution >= 0.6 is 0 Å². The molecule has 0 saturated carbocycles. The Balaban J connectivity index is 1.68. The number of amides is 1. The lowest BCUT2D eigenvalue weighted by atomic mass is 10.2. The minimum Gasteiger partial charge on any atom is -0.444 e. The van der Waals surface area contributed by atoms with E-state index in [4.69, 9.17) is 10.5 Å². The molecule has 2 aliphatic heterocycles. The molecule has 2 heterocycles. The molecule has 2 fully saturated rings. The zero-order valence-corrected chi connectivity index (χ0v) is 16.2. The van der Waals surface area contributed by atoms with Gasteiger partial charge in [-0.3, -0.25) is 9.89 Å². The van der Waals surface area contributed by atoms with Gasteiger partial charge in [0.05, 0.1) is 6.54 Å². The Morgan fingerprint density at radius 3 is 2.12 bits per heavy atom. The summed E-state index contributed by atoms with van der Waals surface area (Å²) in [6.45, 7) is 12.5. The van der Waals surface area contributed by atoms with Crippen LogP contribution in [0.3, 0.4) is 0 Å². The predicted molar refractivity (Wildman–Crippen MR) is 101 cm³/mol. The summed E-state index contributed by atoms with van der Waals surface area (Å²) in [6, 6.07) is 0. The molecule has 0 aromatic carbocycles. The number of hydrogen-bond donors (Lipinski definition) is 1. The number of guanidine groups is 1. The molecule has 2 aliphatic rings. The lowest BCUT2D eigenvalue weighted by Gasteiger charge is -2.35. The van der Waals surface area contributed by atoms with E-state index >= 15 is 0 Å². The van der Waals surface area contributed by atoms with Gasteiger partial charge in [0.15, 0.2) is 5.96 Å². The first-order valence-corrected chi connectivity index (χ1v) is 9.60. The summed E-state index contributed by atoms with van der Waals surface area (Å²) < 4.78 is 5.43. The van der Waals surface area contributed by atoms with Crippen molar-refractivity contribution in [2.24, 2.45) is 10.7 Å². The second-order valence-corrected chi connectivity index (χ2v) is 7.95. The molecular weight excluding hydrogens is 318 g/mol. The molecule has 0 spiro atoms. The van der Waals surface area contributed by atoms with Gasteiger partial charge in [-0.05, 0) is 33.6 Å². The average molecular weight is 354 g/mol. The molecule has 0 radical (unpaired) electrons. The number of ether oxygens (including phenoxy) is 1. The van der Waals surface area contributed by atoms with Crippen molar-refractivity contribution in [3.05, 3.63) is 0 Å². The second kappa shape index (κ2) is 9.27.